The summed E-state index contributed by atoms with van der Waals surface area (Å²) in [5.74, 6) is -1.32. The Morgan fingerprint density at radius 3 is 2.76 bits per heavy atom. The summed E-state index contributed by atoms with van der Waals surface area (Å²) in [6, 6.07) is 3.24. The molecule has 0 spiro atoms. The second kappa shape index (κ2) is 5.14. The van der Waals surface area contributed by atoms with Crippen LogP contribution in [0, 0.1) is 11.2 Å². The van der Waals surface area contributed by atoms with Crippen LogP contribution >= 0.6 is 0 Å². The predicted molar refractivity (Wildman–Crippen MR) is 63.2 cm³/mol. The molecule has 0 saturated carbocycles. The van der Waals surface area contributed by atoms with Gasteiger partial charge in [0.05, 0.1) is 5.56 Å². The molecule has 0 heterocycles. The number of carbonyl (C=O) groups is 1. The van der Waals surface area contributed by atoms with Gasteiger partial charge in [-0.25, -0.2) is 4.39 Å². The summed E-state index contributed by atoms with van der Waals surface area (Å²) in [6.45, 7) is 4.58. The first-order chi connectivity index (χ1) is 7.85. The zero-order valence-electron chi connectivity index (χ0n) is 9.96. The third kappa shape index (κ3) is 3.71. The summed E-state index contributed by atoms with van der Waals surface area (Å²) in [7, 11) is 0. The molecule has 94 valence electrons. The number of hydrogen-bond donors (Lipinski definition) is 3. The van der Waals surface area contributed by atoms with Gasteiger partial charge in [0.15, 0.2) is 0 Å². The van der Waals surface area contributed by atoms with Gasteiger partial charge < -0.3 is 16.2 Å². The number of phenols is 1. The Morgan fingerprint density at radius 2 is 2.18 bits per heavy atom. The van der Waals surface area contributed by atoms with Gasteiger partial charge >= 0.3 is 0 Å². The number of benzene rings is 1. The van der Waals surface area contributed by atoms with Crippen molar-refractivity contribution in [3.8, 4) is 5.75 Å². The first-order valence-corrected chi connectivity index (χ1v) is 5.32. The maximum Gasteiger partial charge on any atom is 0.255 e. The van der Waals surface area contributed by atoms with Crippen LogP contribution in [0.15, 0.2) is 18.2 Å². The quantitative estimate of drug-likeness (QED) is 0.741. The van der Waals surface area contributed by atoms with Crippen molar-refractivity contribution in [2.24, 2.45) is 11.1 Å². The molecule has 1 aromatic rings. The zero-order chi connectivity index (χ0) is 13.1. The number of aromatic hydroxyl groups is 1. The van der Waals surface area contributed by atoms with Crippen molar-refractivity contribution in [2.75, 3.05) is 13.1 Å². The van der Waals surface area contributed by atoms with E-state index in [0.717, 1.165) is 18.2 Å². The molecule has 0 aliphatic rings. The van der Waals surface area contributed by atoms with E-state index in [1.165, 1.54) is 0 Å². The molecule has 4 N–H and O–H groups in total. The van der Waals surface area contributed by atoms with Crippen molar-refractivity contribution < 1.29 is 14.3 Å². The first-order valence-electron chi connectivity index (χ1n) is 5.32. The number of phenolic OH excluding ortho intramolecular Hbond substituents is 1. The van der Waals surface area contributed by atoms with Crippen LogP contribution in [0.25, 0.3) is 0 Å². The number of nitrogens with two attached hydrogens (primary N) is 1. The molecule has 0 aromatic heterocycles. The lowest BCUT2D eigenvalue weighted by molar-refractivity contribution is 0.0934. The van der Waals surface area contributed by atoms with Crippen molar-refractivity contribution in [1.29, 1.82) is 0 Å². The minimum Gasteiger partial charge on any atom is -0.507 e. The standard InChI is InChI=1S/C12H17FN2O2/c1-12(2,6-14)7-15-11(17)9-5-8(13)3-4-10(9)16/h3-5,16H,6-7,14H2,1-2H3,(H,15,17). The third-order valence-electron chi connectivity index (χ3n) is 2.48. The fraction of sp³-hybridized carbons (Fsp3) is 0.417. The van der Waals surface area contributed by atoms with Crippen molar-refractivity contribution in [1.82, 2.24) is 5.32 Å². The Bertz CT molecular complexity index is 419. The summed E-state index contributed by atoms with van der Waals surface area (Å²) in [6.07, 6.45) is 0. The smallest absolute Gasteiger partial charge is 0.255 e. The number of halogens is 1. The molecule has 1 aromatic carbocycles. The molecule has 0 saturated heterocycles. The molecular formula is C12H17FN2O2. The largest absolute Gasteiger partial charge is 0.507 e. The van der Waals surface area contributed by atoms with E-state index < -0.39 is 11.7 Å². The maximum absolute atomic E-state index is 12.9. The molecular weight excluding hydrogens is 223 g/mol. The fourth-order valence-corrected chi connectivity index (χ4v) is 1.18. The van der Waals surface area contributed by atoms with Gasteiger partial charge in [0.25, 0.3) is 5.91 Å². The average molecular weight is 240 g/mol. The van der Waals surface area contributed by atoms with E-state index in [1.807, 2.05) is 13.8 Å². The third-order valence-corrected chi connectivity index (χ3v) is 2.48. The van der Waals surface area contributed by atoms with E-state index in [4.69, 9.17) is 5.73 Å². The minimum absolute atomic E-state index is 0.0715. The van der Waals surface area contributed by atoms with E-state index >= 15 is 0 Å². The number of carbonyl (C=O) groups excluding carboxylic acids is 1. The van der Waals surface area contributed by atoms with Crippen LogP contribution in [0.3, 0.4) is 0 Å². The molecule has 0 radical (unpaired) electrons. The van der Waals surface area contributed by atoms with Gasteiger partial charge in [-0.2, -0.15) is 0 Å². The van der Waals surface area contributed by atoms with E-state index in [0.29, 0.717) is 13.1 Å². The first kappa shape index (κ1) is 13.4. The topological polar surface area (TPSA) is 75.3 Å². The van der Waals surface area contributed by atoms with Crippen LogP contribution in [0.5, 0.6) is 5.75 Å². The van der Waals surface area contributed by atoms with Crippen molar-refractivity contribution >= 4 is 5.91 Å². The number of amides is 1. The lowest BCUT2D eigenvalue weighted by Crippen LogP contribution is -2.38. The Kier molecular flexibility index (Phi) is 4.07. The van der Waals surface area contributed by atoms with Gasteiger partial charge in [-0.1, -0.05) is 13.8 Å². The Labute approximate surface area is 99.6 Å². The summed E-state index contributed by atoms with van der Waals surface area (Å²) in [5, 5.41) is 12.1. The molecule has 0 unspecified atom stereocenters. The molecule has 0 aliphatic heterocycles. The minimum atomic E-state index is -0.564. The van der Waals surface area contributed by atoms with Crippen LogP contribution < -0.4 is 11.1 Å². The molecule has 5 heteroatoms. The molecule has 0 atom stereocenters. The zero-order valence-corrected chi connectivity index (χ0v) is 9.96. The van der Waals surface area contributed by atoms with Gasteiger partial charge in [0.2, 0.25) is 0 Å². The molecule has 0 bridgehead atoms. The fourth-order valence-electron chi connectivity index (χ4n) is 1.18. The highest BCUT2D eigenvalue weighted by Gasteiger charge is 2.18. The summed E-state index contributed by atoms with van der Waals surface area (Å²) in [4.78, 5) is 11.7. The highest BCUT2D eigenvalue weighted by atomic mass is 19.1. The van der Waals surface area contributed by atoms with E-state index in [2.05, 4.69) is 5.32 Å². The monoisotopic (exact) mass is 240 g/mol. The van der Waals surface area contributed by atoms with Crippen LogP contribution in [0.1, 0.15) is 24.2 Å². The van der Waals surface area contributed by atoms with Crippen molar-refractivity contribution in [3.05, 3.63) is 29.6 Å². The van der Waals surface area contributed by atoms with Crippen molar-refractivity contribution in [3.63, 3.8) is 0 Å². The summed E-state index contributed by atoms with van der Waals surface area (Å²) in [5.41, 5.74) is 5.22. The van der Waals surface area contributed by atoms with Gasteiger partial charge in [-0.05, 0) is 30.2 Å². The van der Waals surface area contributed by atoms with E-state index in [1.54, 1.807) is 0 Å². The molecule has 4 nitrogen and oxygen atoms in total. The maximum atomic E-state index is 12.9. The number of hydrogen-bond acceptors (Lipinski definition) is 3. The molecule has 1 rings (SSSR count). The summed E-state index contributed by atoms with van der Waals surface area (Å²) < 4.78 is 12.9. The Balaban J connectivity index is 2.74. The van der Waals surface area contributed by atoms with Crippen LogP contribution in [-0.2, 0) is 0 Å². The van der Waals surface area contributed by atoms with E-state index in [9.17, 15) is 14.3 Å². The highest BCUT2D eigenvalue weighted by Crippen LogP contribution is 2.18. The Morgan fingerprint density at radius 1 is 1.53 bits per heavy atom. The number of nitrogens with one attached hydrogen (secondary N) is 1. The highest BCUT2D eigenvalue weighted by molar-refractivity contribution is 5.96. The SMILES string of the molecule is CC(C)(CN)CNC(=O)c1cc(F)ccc1O. The average Bonchev–Trinajstić information content (AvgIpc) is 2.29. The van der Waals surface area contributed by atoms with Crippen molar-refractivity contribution in [2.45, 2.75) is 13.8 Å². The number of rotatable bonds is 4. The van der Waals surface area contributed by atoms with Crippen LogP contribution in [-0.4, -0.2) is 24.1 Å². The molecule has 17 heavy (non-hydrogen) atoms. The molecule has 0 fully saturated rings. The van der Waals surface area contributed by atoms with Gasteiger partial charge in [0, 0.05) is 6.54 Å². The molecule has 0 aliphatic carbocycles. The van der Waals surface area contributed by atoms with E-state index in [-0.39, 0.29) is 16.7 Å². The normalized spacial score (nSPS) is 11.3. The second-order valence-electron chi connectivity index (χ2n) is 4.71. The van der Waals surface area contributed by atoms with Gasteiger partial charge in [-0.3, -0.25) is 4.79 Å². The Hall–Kier alpha value is -1.62. The predicted octanol–water partition coefficient (Wildman–Crippen LogP) is 1.25. The van der Waals surface area contributed by atoms with Crippen LogP contribution in [0.4, 0.5) is 4.39 Å². The molecule has 1 amide bonds. The van der Waals surface area contributed by atoms with Gasteiger partial charge in [0.1, 0.15) is 11.6 Å². The lowest BCUT2D eigenvalue weighted by atomic mass is 9.94. The van der Waals surface area contributed by atoms with Crippen LogP contribution in [0.2, 0.25) is 0 Å². The second-order valence-corrected chi connectivity index (χ2v) is 4.71. The lowest BCUT2D eigenvalue weighted by Gasteiger charge is -2.22. The van der Waals surface area contributed by atoms with Gasteiger partial charge in [-0.15, -0.1) is 0 Å². The summed E-state index contributed by atoms with van der Waals surface area (Å²) >= 11 is 0.